The van der Waals surface area contributed by atoms with Crippen LogP contribution in [0.15, 0.2) is 54.6 Å². The summed E-state index contributed by atoms with van der Waals surface area (Å²) in [7, 11) is 1.67. The van der Waals surface area contributed by atoms with Gasteiger partial charge in [-0.25, -0.2) is 0 Å². The van der Waals surface area contributed by atoms with E-state index >= 15 is 0 Å². The molecule has 0 aliphatic carbocycles. The van der Waals surface area contributed by atoms with E-state index in [1.807, 2.05) is 54.6 Å². The minimum atomic E-state index is 0.513. The van der Waals surface area contributed by atoms with Gasteiger partial charge in [0.2, 0.25) is 0 Å². The van der Waals surface area contributed by atoms with Crippen molar-refractivity contribution in [1.82, 2.24) is 0 Å². The first-order valence-corrected chi connectivity index (χ1v) is 5.52. The van der Waals surface area contributed by atoms with Crippen LogP contribution in [0.1, 0.15) is 11.1 Å². The standard InChI is InChI=1S/C15H15O2/c1-16-15-10-6-5-9-14(15)12-17-11-13-7-3-2-4-8-13/h2-11H,12H2,1H3. The van der Waals surface area contributed by atoms with Crippen LogP contribution >= 0.6 is 0 Å². The third kappa shape index (κ3) is 3.33. The molecule has 0 aromatic heterocycles. The van der Waals surface area contributed by atoms with E-state index in [9.17, 15) is 0 Å². The van der Waals surface area contributed by atoms with E-state index in [1.165, 1.54) is 0 Å². The molecule has 0 aliphatic rings. The Kier molecular flexibility index (Phi) is 4.17. The predicted molar refractivity (Wildman–Crippen MR) is 67.6 cm³/mol. The number of hydrogen-bond donors (Lipinski definition) is 0. The monoisotopic (exact) mass is 227 g/mol. The fourth-order valence-electron chi connectivity index (χ4n) is 1.58. The lowest BCUT2D eigenvalue weighted by molar-refractivity contribution is 0.195. The van der Waals surface area contributed by atoms with Crippen LogP contribution in [0.5, 0.6) is 5.75 Å². The maximum absolute atomic E-state index is 5.54. The van der Waals surface area contributed by atoms with Crippen molar-refractivity contribution < 1.29 is 9.47 Å². The first kappa shape index (κ1) is 11.7. The van der Waals surface area contributed by atoms with Gasteiger partial charge in [0.25, 0.3) is 0 Å². The molecule has 2 rings (SSSR count). The van der Waals surface area contributed by atoms with Crippen molar-refractivity contribution in [2.75, 3.05) is 7.11 Å². The predicted octanol–water partition coefficient (Wildman–Crippen LogP) is 3.42. The minimum absolute atomic E-state index is 0.513. The highest BCUT2D eigenvalue weighted by molar-refractivity contribution is 5.32. The van der Waals surface area contributed by atoms with Crippen molar-refractivity contribution in [3.63, 3.8) is 0 Å². The van der Waals surface area contributed by atoms with Gasteiger partial charge in [0.1, 0.15) is 12.4 Å². The summed E-state index contributed by atoms with van der Waals surface area (Å²) in [5.74, 6) is 0.856. The molecule has 2 aromatic rings. The zero-order chi connectivity index (χ0) is 11.9. The summed E-state index contributed by atoms with van der Waals surface area (Å²) in [5, 5.41) is 0. The van der Waals surface area contributed by atoms with Gasteiger partial charge in [-0.3, -0.25) is 0 Å². The third-order valence-electron chi connectivity index (χ3n) is 2.45. The summed E-state index contributed by atoms with van der Waals surface area (Å²) in [4.78, 5) is 0. The Morgan fingerprint density at radius 1 is 0.941 bits per heavy atom. The highest BCUT2D eigenvalue weighted by Gasteiger charge is 2.01. The van der Waals surface area contributed by atoms with Gasteiger partial charge in [0, 0.05) is 5.56 Å². The first-order valence-electron chi connectivity index (χ1n) is 5.52. The van der Waals surface area contributed by atoms with E-state index < -0.39 is 0 Å². The molecule has 0 atom stereocenters. The molecule has 0 heterocycles. The van der Waals surface area contributed by atoms with E-state index in [1.54, 1.807) is 13.7 Å². The molecule has 0 fully saturated rings. The van der Waals surface area contributed by atoms with Crippen molar-refractivity contribution in [3.05, 3.63) is 72.3 Å². The second kappa shape index (κ2) is 6.06. The van der Waals surface area contributed by atoms with E-state index in [4.69, 9.17) is 9.47 Å². The summed E-state index contributed by atoms with van der Waals surface area (Å²) in [6.45, 7) is 2.27. The van der Waals surface area contributed by atoms with E-state index in [2.05, 4.69) is 0 Å². The van der Waals surface area contributed by atoms with Crippen molar-refractivity contribution >= 4 is 0 Å². The number of benzene rings is 2. The van der Waals surface area contributed by atoms with Gasteiger partial charge in [-0.2, -0.15) is 0 Å². The number of ether oxygens (including phenoxy) is 2. The van der Waals surface area contributed by atoms with Gasteiger partial charge >= 0.3 is 0 Å². The van der Waals surface area contributed by atoms with Crippen LogP contribution in [0.4, 0.5) is 0 Å². The highest BCUT2D eigenvalue weighted by atomic mass is 16.5. The fraction of sp³-hybridized carbons (Fsp3) is 0.133. The fourth-order valence-corrected chi connectivity index (χ4v) is 1.58. The summed E-state index contributed by atoms with van der Waals surface area (Å²) in [6, 6.07) is 17.8. The second-order valence-electron chi connectivity index (χ2n) is 3.65. The molecule has 0 unspecified atom stereocenters. The molecule has 2 heteroatoms. The van der Waals surface area contributed by atoms with Crippen LogP contribution in [0.3, 0.4) is 0 Å². The topological polar surface area (TPSA) is 18.5 Å². The highest BCUT2D eigenvalue weighted by Crippen LogP contribution is 2.18. The summed E-state index contributed by atoms with van der Waals surface area (Å²) in [5.41, 5.74) is 2.10. The summed E-state index contributed by atoms with van der Waals surface area (Å²) >= 11 is 0. The quantitative estimate of drug-likeness (QED) is 0.779. The summed E-state index contributed by atoms with van der Waals surface area (Å²) < 4.78 is 10.8. The van der Waals surface area contributed by atoms with Crippen LogP contribution in [0, 0.1) is 6.61 Å². The lowest BCUT2D eigenvalue weighted by Crippen LogP contribution is -1.95. The minimum Gasteiger partial charge on any atom is -0.496 e. The Hall–Kier alpha value is -1.80. The smallest absolute Gasteiger partial charge is 0.124 e. The maximum Gasteiger partial charge on any atom is 0.124 e. The molecule has 0 saturated carbocycles. The van der Waals surface area contributed by atoms with Crippen LogP contribution in [0.2, 0.25) is 0 Å². The van der Waals surface area contributed by atoms with Crippen molar-refractivity contribution in [2.24, 2.45) is 0 Å². The van der Waals surface area contributed by atoms with Crippen molar-refractivity contribution in [2.45, 2.75) is 6.61 Å². The average Bonchev–Trinajstić information content (AvgIpc) is 2.40. The normalized spacial score (nSPS) is 10.2. The van der Waals surface area contributed by atoms with Gasteiger partial charge < -0.3 is 9.47 Å². The molecule has 0 N–H and O–H groups in total. The molecule has 0 amide bonds. The Morgan fingerprint density at radius 2 is 1.65 bits per heavy atom. The lowest BCUT2D eigenvalue weighted by Gasteiger charge is -2.08. The summed E-state index contributed by atoms with van der Waals surface area (Å²) in [6.07, 6.45) is 0. The van der Waals surface area contributed by atoms with Gasteiger partial charge in [-0.05, 0) is 11.6 Å². The molecular weight excluding hydrogens is 212 g/mol. The molecular formula is C15H15O2. The first-order chi connectivity index (χ1) is 8.40. The van der Waals surface area contributed by atoms with Crippen LogP contribution < -0.4 is 4.74 Å². The molecule has 87 valence electrons. The molecule has 0 saturated heterocycles. The average molecular weight is 227 g/mol. The van der Waals surface area contributed by atoms with Crippen molar-refractivity contribution in [3.8, 4) is 5.75 Å². The second-order valence-corrected chi connectivity index (χ2v) is 3.65. The molecule has 2 nitrogen and oxygen atoms in total. The SMILES string of the molecule is COc1ccccc1CO[CH]c1ccccc1. The van der Waals surface area contributed by atoms with Gasteiger partial charge in [0.15, 0.2) is 0 Å². The molecule has 2 aromatic carbocycles. The molecule has 1 radical (unpaired) electrons. The molecule has 0 spiro atoms. The van der Waals surface area contributed by atoms with Gasteiger partial charge in [-0.1, -0.05) is 48.5 Å². The Balaban J connectivity index is 1.90. The number of rotatable bonds is 5. The Bertz CT molecular complexity index is 451. The van der Waals surface area contributed by atoms with E-state index in [0.717, 1.165) is 16.9 Å². The van der Waals surface area contributed by atoms with Crippen LogP contribution in [-0.2, 0) is 11.3 Å². The van der Waals surface area contributed by atoms with E-state index in [0.29, 0.717) is 6.61 Å². The molecule has 0 aliphatic heterocycles. The maximum atomic E-state index is 5.54. The Morgan fingerprint density at radius 3 is 2.41 bits per heavy atom. The van der Waals surface area contributed by atoms with Gasteiger partial charge in [0.05, 0.1) is 13.7 Å². The zero-order valence-electron chi connectivity index (χ0n) is 9.80. The Labute approximate surface area is 102 Å². The molecule has 0 bridgehead atoms. The number of para-hydroxylation sites is 1. The zero-order valence-corrected chi connectivity index (χ0v) is 9.80. The third-order valence-corrected chi connectivity index (χ3v) is 2.45. The van der Waals surface area contributed by atoms with Crippen LogP contribution in [-0.4, -0.2) is 7.11 Å². The van der Waals surface area contributed by atoms with Crippen molar-refractivity contribution in [1.29, 1.82) is 0 Å². The lowest BCUT2D eigenvalue weighted by atomic mass is 10.2. The van der Waals surface area contributed by atoms with E-state index in [-0.39, 0.29) is 0 Å². The van der Waals surface area contributed by atoms with Gasteiger partial charge in [-0.15, -0.1) is 0 Å². The molecule has 17 heavy (non-hydrogen) atoms. The largest absolute Gasteiger partial charge is 0.496 e. The van der Waals surface area contributed by atoms with Crippen LogP contribution in [0.25, 0.3) is 0 Å². The number of hydrogen-bond acceptors (Lipinski definition) is 2. The number of methoxy groups -OCH3 is 1.